The zero-order valence-electron chi connectivity index (χ0n) is 14.6. The molecule has 0 bridgehead atoms. The molecule has 0 aromatic rings. The van der Waals surface area contributed by atoms with E-state index in [1.54, 1.807) is 0 Å². The van der Waals surface area contributed by atoms with Crippen LogP contribution in [0.15, 0.2) is 0 Å². The van der Waals surface area contributed by atoms with Crippen LogP contribution in [-0.4, -0.2) is 42.0 Å². The number of nitrogens with zero attached hydrogens (tertiary/aromatic N) is 2. The molecule has 22 heavy (non-hydrogen) atoms. The standard InChI is InChI=1S/C17H32N4O/c1-5-6-9-21-10-7-17(13-18,8-11-21)20-15(22)14(19)12-16(2,3)4/h14H,5-12,19H2,1-4H3,(H,20,22). The van der Waals surface area contributed by atoms with Crippen molar-refractivity contribution in [3.05, 3.63) is 0 Å². The number of carbonyl (C=O) groups excluding carboxylic acids is 1. The fraction of sp³-hybridized carbons (Fsp3) is 0.882. The number of carbonyl (C=O) groups is 1. The first kappa shape index (κ1) is 18.9. The number of nitriles is 1. The SMILES string of the molecule is CCCCN1CCC(C#N)(NC(=O)C(N)CC(C)(C)C)CC1. The summed E-state index contributed by atoms with van der Waals surface area (Å²) in [5.41, 5.74) is 5.25. The molecule has 5 nitrogen and oxygen atoms in total. The number of nitrogens with two attached hydrogens (primary N) is 1. The van der Waals surface area contributed by atoms with Crippen LogP contribution in [0.2, 0.25) is 0 Å². The van der Waals surface area contributed by atoms with Gasteiger partial charge in [0.25, 0.3) is 0 Å². The molecule has 126 valence electrons. The number of rotatable bonds is 6. The highest BCUT2D eigenvalue weighted by Crippen LogP contribution is 2.24. The molecule has 1 aliphatic rings. The number of unbranched alkanes of at least 4 members (excludes halogenated alkanes) is 1. The van der Waals surface area contributed by atoms with Gasteiger partial charge >= 0.3 is 0 Å². The normalized spacial score (nSPS) is 20.2. The average Bonchev–Trinajstić information content (AvgIpc) is 2.44. The van der Waals surface area contributed by atoms with E-state index in [1.165, 1.54) is 12.8 Å². The van der Waals surface area contributed by atoms with E-state index in [0.29, 0.717) is 19.3 Å². The molecule has 1 saturated heterocycles. The molecule has 0 aliphatic carbocycles. The van der Waals surface area contributed by atoms with Crippen LogP contribution in [0, 0.1) is 16.7 Å². The summed E-state index contributed by atoms with van der Waals surface area (Å²) < 4.78 is 0. The Morgan fingerprint density at radius 1 is 1.41 bits per heavy atom. The Labute approximate surface area is 135 Å². The van der Waals surface area contributed by atoms with E-state index in [0.717, 1.165) is 19.6 Å². The fourth-order valence-electron chi connectivity index (χ4n) is 2.89. The number of likely N-dealkylation sites (tertiary alicyclic amines) is 1. The van der Waals surface area contributed by atoms with Crippen molar-refractivity contribution < 1.29 is 4.79 Å². The Kier molecular flexibility index (Phi) is 6.83. The van der Waals surface area contributed by atoms with Gasteiger partial charge in [0.05, 0.1) is 12.1 Å². The van der Waals surface area contributed by atoms with Crippen molar-refractivity contribution in [2.24, 2.45) is 11.1 Å². The second-order valence-electron chi connectivity index (χ2n) is 7.75. The van der Waals surface area contributed by atoms with Gasteiger partial charge in [-0.05, 0) is 37.6 Å². The minimum atomic E-state index is -0.741. The van der Waals surface area contributed by atoms with E-state index in [9.17, 15) is 10.1 Å². The number of nitrogens with one attached hydrogen (secondary N) is 1. The lowest BCUT2D eigenvalue weighted by Gasteiger charge is -2.38. The average molecular weight is 308 g/mol. The first-order chi connectivity index (χ1) is 10.2. The minimum absolute atomic E-state index is 0.0000792. The highest BCUT2D eigenvalue weighted by molar-refractivity contribution is 5.82. The van der Waals surface area contributed by atoms with Gasteiger partial charge in [0, 0.05) is 13.1 Å². The largest absolute Gasteiger partial charge is 0.336 e. The Morgan fingerprint density at radius 2 is 2.00 bits per heavy atom. The van der Waals surface area contributed by atoms with Gasteiger partial charge in [-0.1, -0.05) is 34.1 Å². The summed E-state index contributed by atoms with van der Waals surface area (Å²) in [5.74, 6) is -0.196. The third-order valence-corrected chi connectivity index (χ3v) is 4.28. The Hall–Kier alpha value is -1.12. The summed E-state index contributed by atoms with van der Waals surface area (Å²) in [6.45, 7) is 11.2. The molecule has 0 aromatic heterocycles. The predicted molar refractivity (Wildman–Crippen MR) is 89.1 cm³/mol. The van der Waals surface area contributed by atoms with Gasteiger partial charge in [-0.15, -0.1) is 0 Å². The summed E-state index contributed by atoms with van der Waals surface area (Å²) in [7, 11) is 0. The van der Waals surface area contributed by atoms with Gasteiger partial charge in [0.15, 0.2) is 0 Å². The van der Waals surface area contributed by atoms with Crippen molar-refractivity contribution >= 4 is 5.91 Å². The number of piperidine rings is 1. The van der Waals surface area contributed by atoms with Crippen LogP contribution in [0.5, 0.6) is 0 Å². The maximum atomic E-state index is 12.3. The molecule has 0 radical (unpaired) electrons. The maximum absolute atomic E-state index is 12.3. The number of amides is 1. The van der Waals surface area contributed by atoms with Gasteiger partial charge in [-0.25, -0.2) is 0 Å². The first-order valence-corrected chi connectivity index (χ1v) is 8.42. The lowest BCUT2D eigenvalue weighted by Crippen LogP contribution is -2.58. The van der Waals surface area contributed by atoms with Crippen molar-refractivity contribution in [1.29, 1.82) is 5.26 Å². The maximum Gasteiger partial charge on any atom is 0.238 e. The van der Waals surface area contributed by atoms with Gasteiger partial charge < -0.3 is 16.0 Å². The molecule has 1 rings (SSSR count). The van der Waals surface area contributed by atoms with Crippen LogP contribution >= 0.6 is 0 Å². The smallest absolute Gasteiger partial charge is 0.238 e. The van der Waals surface area contributed by atoms with Crippen LogP contribution in [0.3, 0.4) is 0 Å². The Morgan fingerprint density at radius 3 is 2.45 bits per heavy atom. The predicted octanol–water partition coefficient (Wildman–Crippen LogP) is 2.02. The quantitative estimate of drug-likeness (QED) is 0.786. The highest BCUT2D eigenvalue weighted by atomic mass is 16.2. The second-order valence-corrected chi connectivity index (χ2v) is 7.75. The molecule has 1 aliphatic heterocycles. The van der Waals surface area contributed by atoms with Crippen LogP contribution in [-0.2, 0) is 4.79 Å². The molecule has 1 unspecified atom stereocenters. The first-order valence-electron chi connectivity index (χ1n) is 8.42. The van der Waals surface area contributed by atoms with E-state index in [1.807, 2.05) is 0 Å². The van der Waals surface area contributed by atoms with E-state index < -0.39 is 11.6 Å². The van der Waals surface area contributed by atoms with Crippen molar-refractivity contribution in [1.82, 2.24) is 10.2 Å². The van der Waals surface area contributed by atoms with E-state index >= 15 is 0 Å². The van der Waals surface area contributed by atoms with Gasteiger partial charge in [-0.3, -0.25) is 4.79 Å². The van der Waals surface area contributed by atoms with E-state index in [-0.39, 0.29) is 11.3 Å². The molecular weight excluding hydrogens is 276 g/mol. The molecule has 1 fully saturated rings. The topological polar surface area (TPSA) is 82.2 Å². The fourth-order valence-corrected chi connectivity index (χ4v) is 2.89. The second kappa shape index (κ2) is 7.94. The van der Waals surface area contributed by atoms with Gasteiger partial charge in [-0.2, -0.15) is 5.26 Å². The molecular formula is C17H32N4O. The van der Waals surface area contributed by atoms with Gasteiger partial charge in [0.1, 0.15) is 5.54 Å². The molecule has 0 spiro atoms. The lowest BCUT2D eigenvalue weighted by atomic mass is 9.86. The molecule has 5 heteroatoms. The van der Waals surface area contributed by atoms with Crippen LogP contribution in [0.4, 0.5) is 0 Å². The summed E-state index contributed by atoms with van der Waals surface area (Å²) in [5, 5.41) is 12.5. The molecule has 3 N–H and O–H groups in total. The van der Waals surface area contributed by atoms with E-state index in [4.69, 9.17) is 5.73 Å². The van der Waals surface area contributed by atoms with Crippen molar-refractivity contribution in [2.45, 2.75) is 71.4 Å². The highest BCUT2D eigenvalue weighted by Gasteiger charge is 2.37. The van der Waals surface area contributed by atoms with Gasteiger partial charge in [0.2, 0.25) is 5.91 Å². The zero-order valence-corrected chi connectivity index (χ0v) is 14.6. The van der Waals surface area contributed by atoms with Crippen molar-refractivity contribution in [3.8, 4) is 6.07 Å². The van der Waals surface area contributed by atoms with Crippen molar-refractivity contribution in [2.75, 3.05) is 19.6 Å². The Bertz CT molecular complexity index is 400. The van der Waals surface area contributed by atoms with E-state index in [2.05, 4.69) is 44.0 Å². The molecule has 1 heterocycles. The summed E-state index contributed by atoms with van der Waals surface area (Å²) in [6.07, 6.45) is 4.34. The summed E-state index contributed by atoms with van der Waals surface area (Å²) >= 11 is 0. The molecule has 1 amide bonds. The molecule has 0 saturated carbocycles. The minimum Gasteiger partial charge on any atom is -0.336 e. The number of hydrogen-bond donors (Lipinski definition) is 2. The number of hydrogen-bond acceptors (Lipinski definition) is 4. The van der Waals surface area contributed by atoms with Crippen LogP contribution in [0.1, 0.15) is 59.8 Å². The lowest BCUT2D eigenvalue weighted by molar-refractivity contribution is -0.124. The molecule has 1 atom stereocenters. The zero-order chi connectivity index (χ0) is 16.8. The molecule has 0 aromatic carbocycles. The summed E-state index contributed by atoms with van der Waals surface area (Å²) in [4.78, 5) is 14.7. The van der Waals surface area contributed by atoms with Crippen molar-refractivity contribution in [3.63, 3.8) is 0 Å². The monoisotopic (exact) mass is 308 g/mol. The Balaban J connectivity index is 2.55. The van der Waals surface area contributed by atoms with Crippen LogP contribution in [0.25, 0.3) is 0 Å². The third kappa shape index (κ3) is 5.94. The summed E-state index contributed by atoms with van der Waals surface area (Å²) in [6, 6.07) is 1.78. The third-order valence-electron chi connectivity index (χ3n) is 4.28. The van der Waals surface area contributed by atoms with Crippen LogP contribution < -0.4 is 11.1 Å².